The summed E-state index contributed by atoms with van der Waals surface area (Å²) in [6, 6.07) is 0. The van der Waals surface area contributed by atoms with Crippen molar-refractivity contribution in [2.75, 3.05) is 6.61 Å². The number of alkyl halides is 17. The molecule has 0 saturated carbocycles. The fourth-order valence-corrected chi connectivity index (χ4v) is 3.35. The minimum Gasteiger partial charge on any atom is -0.463 e. The van der Waals surface area contributed by atoms with Crippen molar-refractivity contribution >= 4 is 5.97 Å². The molecule has 44 heavy (non-hydrogen) atoms. The van der Waals surface area contributed by atoms with Gasteiger partial charge in [0, 0.05) is 6.42 Å². The van der Waals surface area contributed by atoms with E-state index in [9.17, 15) is 67.0 Å². The van der Waals surface area contributed by atoms with Gasteiger partial charge in [0.2, 0.25) is 0 Å². The van der Waals surface area contributed by atoms with Gasteiger partial charge >= 0.3 is 54.0 Å². The van der Waals surface area contributed by atoms with Gasteiger partial charge < -0.3 is 19.3 Å². The van der Waals surface area contributed by atoms with Crippen LogP contribution in [0.25, 0.3) is 0 Å². The second-order valence-corrected chi connectivity index (χ2v) is 10.0. The van der Waals surface area contributed by atoms with E-state index in [2.05, 4.69) is 14.2 Å². The van der Waals surface area contributed by atoms with Gasteiger partial charge in [-0.1, -0.05) is 12.8 Å². The van der Waals surface area contributed by atoms with Gasteiger partial charge in [0.1, 0.15) is 16.8 Å². The zero-order valence-corrected chi connectivity index (χ0v) is 22.7. The quantitative estimate of drug-likeness (QED) is 0.126. The molecule has 0 aromatic heterocycles. The summed E-state index contributed by atoms with van der Waals surface area (Å²) in [6.45, 7) is -2.46. The lowest BCUT2D eigenvalue weighted by Crippen LogP contribution is -2.74. The standard InChI is InChI=1S/C22H23F17O5/c1-7-13(5,41)9-10-42-11(40)15(23,18(27,28)29)12(3,4)43-21(36,37)16(24,19(30,31)32)14(6,8-2)44-22(38,39)17(25,26)20(33,34)35/h1,41H,8-10H2,2-6H3. The van der Waals surface area contributed by atoms with Crippen molar-refractivity contribution in [3.63, 3.8) is 0 Å². The Morgan fingerprint density at radius 1 is 0.705 bits per heavy atom. The molecule has 1 N–H and O–H groups in total. The van der Waals surface area contributed by atoms with Gasteiger partial charge in [-0.25, -0.2) is 13.6 Å². The van der Waals surface area contributed by atoms with E-state index >= 15 is 17.6 Å². The SMILES string of the molecule is C#CC(C)(O)CCOC(=O)C(F)(C(F)(F)F)C(C)(C)OC(F)(F)C(F)(C(F)(F)F)C(C)(CC)OC(F)(F)C(F)(F)C(F)(F)F. The normalized spacial score (nSPS) is 20.0. The van der Waals surface area contributed by atoms with E-state index in [0.717, 1.165) is 6.92 Å². The lowest BCUT2D eigenvalue weighted by atomic mass is 9.80. The van der Waals surface area contributed by atoms with Crippen molar-refractivity contribution in [2.24, 2.45) is 0 Å². The molecule has 4 unspecified atom stereocenters. The molecule has 0 radical (unpaired) electrons. The van der Waals surface area contributed by atoms with Gasteiger partial charge in [-0.3, -0.25) is 0 Å². The van der Waals surface area contributed by atoms with Gasteiger partial charge in [0.15, 0.2) is 0 Å². The van der Waals surface area contributed by atoms with Crippen molar-refractivity contribution in [2.45, 2.75) is 112 Å². The molecular formula is C22H23F17O5. The van der Waals surface area contributed by atoms with Crippen LogP contribution >= 0.6 is 0 Å². The van der Waals surface area contributed by atoms with Crippen LogP contribution < -0.4 is 0 Å². The van der Waals surface area contributed by atoms with Crippen LogP contribution in [0.15, 0.2) is 0 Å². The summed E-state index contributed by atoms with van der Waals surface area (Å²) in [7, 11) is 0. The molecule has 0 aromatic rings. The highest BCUT2D eigenvalue weighted by Gasteiger charge is 2.86. The fourth-order valence-electron chi connectivity index (χ4n) is 3.35. The van der Waals surface area contributed by atoms with Crippen molar-refractivity contribution in [3.05, 3.63) is 0 Å². The number of terminal acetylenes is 1. The number of ether oxygens (including phenoxy) is 3. The van der Waals surface area contributed by atoms with Crippen molar-refractivity contribution < 1.29 is 98.7 Å². The molecule has 0 aliphatic carbocycles. The summed E-state index contributed by atoms with van der Waals surface area (Å²) in [6.07, 6.45) is -34.4. The molecule has 0 rings (SSSR count). The van der Waals surface area contributed by atoms with Crippen LogP contribution in [0, 0.1) is 12.3 Å². The fraction of sp³-hybridized carbons (Fsp3) is 0.864. The highest BCUT2D eigenvalue weighted by Crippen LogP contribution is 2.60. The molecule has 22 heteroatoms. The monoisotopic (exact) mass is 690 g/mol. The molecular weight excluding hydrogens is 667 g/mol. The maximum atomic E-state index is 15.6. The predicted molar refractivity (Wildman–Crippen MR) is 111 cm³/mol. The van der Waals surface area contributed by atoms with Crippen LogP contribution in [0.4, 0.5) is 74.6 Å². The largest absolute Gasteiger partial charge is 0.463 e. The van der Waals surface area contributed by atoms with Crippen LogP contribution in [0.2, 0.25) is 0 Å². The topological polar surface area (TPSA) is 65.0 Å². The molecule has 0 spiro atoms. The zero-order chi connectivity index (χ0) is 36.0. The maximum Gasteiger partial charge on any atom is 0.462 e. The van der Waals surface area contributed by atoms with Crippen molar-refractivity contribution in [3.8, 4) is 12.3 Å². The molecule has 0 aliphatic rings. The molecule has 0 amide bonds. The van der Waals surface area contributed by atoms with Gasteiger partial charge in [-0.15, -0.1) is 6.42 Å². The van der Waals surface area contributed by atoms with Crippen LogP contribution in [0.3, 0.4) is 0 Å². The molecule has 0 aliphatic heterocycles. The Hall–Kier alpha value is -2.28. The van der Waals surface area contributed by atoms with Gasteiger partial charge in [-0.05, 0) is 34.1 Å². The lowest BCUT2D eigenvalue weighted by molar-refractivity contribution is -0.490. The van der Waals surface area contributed by atoms with Crippen LogP contribution in [0.5, 0.6) is 0 Å². The molecule has 0 aromatic carbocycles. The van der Waals surface area contributed by atoms with Crippen LogP contribution in [-0.4, -0.2) is 82.5 Å². The smallest absolute Gasteiger partial charge is 0.462 e. The van der Waals surface area contributed by atoms with E-state index in [-0.39, 0.29) is 6.92 Å². The average molecular weight is 690 g/mol. The summed E-state index contributed by atoms with van der Waals surface area (Å²) in [5, 5.41) is 9.56. The van der Waals surface area contributed by atoms with E-state index < -0.39 is 111 Å². The number of hydrogen-bond donors (Lipinski definition) is 1. The first-order chi connectivity index (χ1) is 18.9. The van der Waals surface area contributed by atoms with Gasteiger partial charge in [0.05, 0.1) is 6.61 Å². The van der Waals surface area contributed by atoms with E-state index in [4.69, 9.17) is 6.42 Å². The Labute approximate surface area is 237 Å². The Balaban J connectivity index is 7.14. The number of carbonyl (C=O) groups excluding carboxylic acids is 1. The highest BCUT2D eigenvalue weighted by molar-refractivity contribution is 5.82. The third kappa shape index (κ3) is 7.08. The molecule has 0 fully saturated rings. The van der Waals surface area contributed by atoms with E-state index in [1.54, 1.807) is 5.92 Å². The van der Waals surface area contributed by atoms with Crippen LogP contribution in [0.1, 0.15) is 47.5 Å². The Kier molecular flexibility index (Phi) is 11.2. The Bertz CT molecular complexity index is 1070. The van der Waals surface area contributed by atoms with E-state index in [1.807, 2.05) is 0 Å². The molecule has 4 atom stereocenters. The van der Waals surface area contributed by atoms with Crippen molar-refractivity contribution in [1.29, 1.82) is 0 Å². The number of esters is 1. The summed E-state index contributed by atoms with van der Waals surface area (Å²) >= 11 is 0. The summed E-state index contributed by atoms with van der Waals surface area (Å²) in [5.41, 5.74) is -25.4. The van der Waals surface area contributed by atoms with E-state index in [1.165, 1.54) is 0 Å². The predicted octanol–water partition coefficient (Wildman–Crippen LogP) is 7.21. The molecule has 260 valence electrons. The Morgan fingerprint density at radius 3 is 1.45 bits per heavy atom. The third-order valence-corrected chi connectivity index (χ3v) is 6.29. The summed E-state index contributed by atoms with van der Waals surface area (Å²) in [4.78, 5) is 12.1. The molecule has 0 heterocycles. The second kappa shape index (κ2) is 11.8. The van der Waals surface area contributed by atoms with E-state index in [0.29, 0.717) is 0 Å². The van der Waals surface area contributed by atoms with Crippen molar-refractivity contribution in [1.82, 2.24) is 0 Å². The second-order valence-electron chi connectivity index (χ2n) is 10.0. The first-order valence-electron chi connectivity index (χ1n) is 11.4. The van der Waals surface area contributed by atoms with Gasteiger partial charge in [0.25, 0.3) is 0 Å². The third-order valence-electron chi connectivity index (χ3n) is 6.29. The Morgan fingerprint density at radius 2 is 1.14 bits per heavy atom. The maximum absolute atomic E-state index is 15.6. The minimum atomic E-state index is -7.48. The zero-order valence-electron chi connectivity index (χ0n) is 22.7. The molecule has 0 bridgehead atoms. The number of hydrogen-bond acceptors (Lipinski definition) is 5. The number of aliphatic hydroxyl groups is 1. The average Bonchev–Trinajstić information content (AvgIpc) is 2.79. The molecule has 0 saturated heterocycles. The first-order valence-corrected chi connectivity index (χ1v) is 11.4. The number of halogens is 17. The number of rotatable bonds is 13. The summed E-state index contributed by atoms with van der Waals surface area (Å²) < 4.78 is 246. The van der Waals surface area contributed by atoms with Crippen LogP contribution in [-0.2, 0) is 19.0 Å². The number of carbonyl (C=O) groups is 1. The molecule has 5 nitrogen and oxygen atoms in total. The highest BCUT2D eigenvalue weighted by atomic mass is 19.4. The first kappa shape index (κ1) is 41.7. The lowest BCUT2D eigenvalue weighted by Gasteiger charge is -2.50. The van der Waals surface area contributed by atoms with Gasteiger partial charge in [-0.2, -0.15) is 65.9 Å². The summed E-state index contributed by atoms with van der Waals surface area (Å²) in [5.74, 6) is -9.09. The minimum absolute atomic E-state index is 0.0146.